The molecule has 1 heterocycles. The van der Waals surface area contributed by atoms with Gasteiger partial charge < -0.3 is 0 Å². The van der Waals surface area contributed by atoms with Crippen LogP contribution in [0.3, 0.4) is 0 Å². The normalized spacial score (nSPS) is 12.8. The molecular formula is C8H10BrNOS. The standard InChI is InChI=1S/C8H10BrNOS/c1-2-12(11)6-7-3-8(9)5-10-4-7/h3-5H,2,6H2,1H3. The SMILES string of the molecule is CCS(=O)Cc1cncc(Br)c1. The zero-order valence-electron chi connectivity index (χ0n) is 6.79. The number of nitrogens with zero attached hydrogens (tertiary/aromatic N) is 1. The van der Waals surface area contributed by atoms with Crippen molar-refractivity contribution in [1.29, 1.82) is 0 Å². The molecule has 0 spiro atoms. The highest BCUT2D eigenvalue weighted by Gasteiger charge is 1.99. The fourth-order valence-electron chi connectivity index (χ4n) is 0.823. The Morgan fingerprint density at radius 2 is 2.33 bits per heavy atom. The molecule has 0 fully saturated rings. The van der Waals surface area contributed by atoms with Crippen molar-refractivity contribution in [2.24, 2.45) is 0 Å². The lowest BCUT2D eigenvalue weighted by Crippen LogP contribution is -1.97. The van der Waals surface area contributed by atoms with E-state index in [1.54, 1.807) is 12.4 Å². The largest absolute Gasteiger partial charge is 0.263 e. The molecule has 66 valence electrons. The molecule has 1 atom stereocenters. The van der Waals surface area contributed by atoms with Gasteiger partial charge in [0.2, 0.25) is 0 Å². The van der Waals surface area contributed by atoms with E-state index >= 15 is 0 Å². The van der Waals surface area contributed by atoms with Crippen molar-refractivity contribution < 1.29 is 4.21 Å². The van der Waals surface area contributed by atoms with Crippen LogP contribution in [0.5, 0.6) is 0 Å². The number of hydrogen-bond acceptors (Lipinski definition) is 2. The summed E-state index contributed by atoms with van der Waals surface area (Å²) in [4.78, 5) is 3.99. The Labute approximate surface area is 83.0 Å². The van der Waals surface area contributed by atoms with Crippen LogP contribution in [-0.4, -0.2) is 14.9 Å². The maximum atomic E-state index is 11.2. The van der Waals surface area contributed by atoms with Crippen LogP contribution in [0.15, 0.2) is 22.9 Å². The van der Waals surface area contributed by atoms with Crippen LogP contribution in [0, 0.1) is 0 Å². The molecule has 0 bridgehead atoms. The first-order chi connectivity index (χ1) is 5.72. The van der Waals surface area contributed by atoms with E-state index in [0.29, 0.717) is 11.5 Å². The molecule has 0 aliphatic rings. The zero-order valence-corrected chi connectivity index (χ0v) is 9.19. The van der Waals surface area contributed by atoms with Gasteiger partial charge in [0.05, 0.1) is 5.75 Å². The van der Waals surface area contributed by atoms with Gasteiger partial charge in [0, 0.05) is 33.4 Å². The summed E-state index contributed by atoms with van der Waals surface area (Å²) >= 11 is 3.31. The van der Waals surface area contributed by atoms with Crippen LogP contribution < -0.4 is 0 Å². The molecular weight excluding hydrogens is 238 g/mol. The fraction of sp³-hybridized carbons (Fsp3) is 0.375. The van der Waals surface area contributed by atoms with Crippen LogP contribution in [0.25, 0.3) is 0 Å². The van der Waals surface area contributed by atoms with Crippen LogP contribution in [-0.2, 0) is 16.6 Å². The van der Waals surface area contributed by atoms with Crippen molar-refractivity contribution in [3.8, 4) is 0 Å². The van der Waals surface area contributed by atoms with Crippen molar-refractivity contribution in [3.05, 3.63) is 28.5 Å². The van der Waals surface area contributed by atoms with Gasteiger partial charge in [-0.1, -0.05) is 6.92 Å². The van der Waals surface area contributed by atoms with E-state index < -0.39 is 10.8 Å². The summed E-state index contributed by atoms with van der Waals surface area (Å²) in [7, 11) is -0.747. The number of hydrogen-bond donors (Lipinski definition) is 0. The Kier molecular flexibility index (Phi) is 3.88. The summed E-state index contributed by atoms with van der Waals surface area (Å²) in [5.41, 5.74) is 1.02. The molecule has 0 aliphatic heterocycles. The predicted molar refractivity (Wildman–Crippen MR) is 54.3 cm³/mol. The quantitative estimate of drug-likeness (QED) is 0.820. The second kappa shape index (κ2) is 4.72. The maximum Gasteiger partial charge on any atom is 0.0501 e. The topological polar surface area (TPSA) is 30.0 Å². The summed E-state index contributed by atoms with van der Waals surface area (Å²) in [6.45, 7) is 1.92. The van der Waals surface area contributed by atoms with Gasteiger partial charge in [0.15, 0.2) is 0 Å². The van der Waals surface area contributed by atoms with Gasteiger partial charge in [-0.3, -0.25) is 9.19 Å². The molecule has 4 heteroatoms. The summed E-state index contributed by atoms with van der Waals surface area (Å²) in [6, 6.07) is 1.94. The third-order valence-electron chi connectivity index (χ3n) is 1.41. The molecule has 0 N–H and O–H groups in total. The molecule has 1 aromatic heterocycles. The van der Waals surface area contributed by atoms with E-state index in [1.807, 2.05) is 13.0 Å². The third kappa shape index (κ3) is 3.03. The Morgan fingerprint density at radius 3 is 2.92 bits per heavy atom. The zero-order chi connectivity index (χ0) is 8.97. The van der Waals surface area contributed by atoms with E-state index in [2.05, 4.69) is 20.9 Å². The summed E-state index contributed by atoms with van der Waals surface area (Å²) in [5, 5.41) is 0. The van der Waals surface area contributed by atoms with E-state index in [0.717, 1.165) is 10.0 Å². The van der Waals surface area contributed by atoms with Crippen LogP contribution in [0.2, 0.25) is 0 Å². The summed E-state index contributed by atoms with van der Waals surface area (Å²) in [5.74, 6) is 1.30. The van der Waals surface area contributed by atoms with Gasteiger partial charge in [-0.2, -0.15) is 0 Å². The molecule has 1 aromatic rings. The highest BCUT2D eigenvalue weighted by molar-refractivity contribution is 9.10. The second-order valence-corrected chi connectivity index (χ2v) is 5.05. The average Bonchev–Trinajstić information content (AvgIpc) is 2.04. The first-order valence-electron chi connectivity index (χ1n) is 3.66. The molecule has 2 nitrogen and oxygen atoms in total. The smallest absolute Gasteiger partial charge is 0.0501 e. The summed E-state index contributed by atoms with van der Waals surface area (Å²) < 4.78 is 12.1. The molecule has 12 heavy (non-hydrogen) atoms. The third-order valence-corrected chi connectivity index (χ3v) is 3.14. The Bertz CT molecular complexity index is 290. The molecule has 0 saturated carbocycles. The van der Waals surface area contributed by atoms with Crippen molar-refractivity contribution in [1.82, 2.24) is 4.98 Å². The Hall–Kier alpha value is -0.220. The molecule has 0 aromatic carbocycles. The van der Waals surface area contributed by atoms with E-state index in [1.165, 1.54) is 0 Å². The van der Waals surface area contributed by atoms with Crippen molar-refractivity contribution in [2.75, 3.05) is 5.75 Å². The van der Waals surface area contributed by atoms with Gasteiger partial charge in [0.1, 0.15) is 0 Å². The van der Waals surface area contributed by atoms with Crippen LogP contribution >= 0.6 is 15.9 Å². The van der Waals surface area contributed by atoms with Crippen LogP contribution in [0.1, 0.15) is 12.5 Å². The number of rotatable bonds is 3. The van der Waals surface area contributed by atoms with Crippen molar-refractivity contribution >= 4 is 26.7 Å². The van der Waals surface area contributed by atoms with Crippen molar-refractivity contribution in [2.45, 2.75) is 12.7 Å². The predicted octanol–water partition coefficient (Wildman–Crippen LogP) is 2.11. The van der Waals surface area contributed by atoms with Gasteiger partial charge in [0.25, 0.3) is 0 Å². The van der Waals surface area contributed by atoms with Crippen molar-refractivity contribution in [3.63, 3.8) is 0 Å². The van der Waals surface area contributed by atoms with Gasteiger partial charge >= 0.3 is 0 Å². The average molecular weight is 248 g/mol. The minimum atomic E-state index is -0.747. The molecule has 0 amide bonds. The number of pyridine rings is 1. The fourth-order valence-corrected chi connectivity index (χ4v) is 1.97. The molecule has 0 saturated heterocycles. The molecule has 1 rings (SSSR count). The van der Waals surface area contributed by atoms with Crippen LogP contribution in [0.4, 0.5) is 0 Å². The van der Waals surface area contributed by atoms with E-state index in [9.17, 15) is 4.21 Å². The molecule has 0 radical (unpaired) electrons. The lowest BCUT2D eigenvalue weighted by Gasteiger charge is -1.98. The van der Waals surface area contributed by atoms with Gasteiger partial charge in [-0.05, 0) is 27.6 Å². The number of aromatic nitrogens is 1. The maximum absolute atomic E-state index is 11.2. The monoisotopic (exact) mass is 247 g/mol. The molecule has 0 aliphatic carbocycles. The van der Waals surface area contributed by atoms with E-state index in [-0.39, 0.29) is 0 Å². The Balaban J connectivity index is 2.69. The minimum absolute atomic E-state index is 0.600. The minimum Gasteiger partial charge on any atom is -0.263 e. The summed E-state index contributed by atoms with van der Waals surface area (Å²) in [6.07, 6.45) is 3.47. The van der Waals surface area contributed by atoms with E-state index in [4.69, 9.17) is 0 Å². The lowest BCUT2D eigenvalue weighted by atomic mass is 10.3. The highest BCUT2D eigenvalue weighted by atomic mass is 79.9. The lowest BCUT2D eigenvalue weighted by molar-refractivity contribution is 0.683. The first-order valence-corrected chi connectivity index (χ1v) is 5.95. The van der Waals surface area contributed by atoms with Gasteiger partial charge in [-0.25, -0.2) is 0 Å². The van der Waals surface area contributed by atoms with Gasteiger partial charge in [-0.15, -0.1) is 0 Å². The second-order valence-electron chi connectivity index (χ2n) is 2.38. The highest BCUT2D eigenvalue weighted by Crippen LogP contribution is 2.10. The molecule has 1 unspecified atom stereocenters. The first kappa shape index (κ1) is 9.86. The Morgan fingerprint density at radius 1 is 1.58 bits per heavy atom. The number of halogens is 1.